The van der Waals surface area contributed by atoms with Crippen molar-refractivity contribution in [3.8, 4) is 0 Å². The van der Waals surface area contributed by atoms with Gasteiger partial charge < -0.3 is 20.3 Å². The summed E-state index contributed by atoms with van der Waals surface area (Å²) in [5.74, 6) is -1.96. The zero-order valence-electron chi connectivity index (χ0n) is 13.7. The highest BCUT2D eigenvalue weighted by atomic mass is 35.5. The highest BCUT2D eigenvalue weighted by Gasteiger charge is 2.31. The van der Waals surface area contributed by atoms with E-state index in [-0.39, 0.29) is 46.2 Å². The molecule has 1 aromatic heterocycles. The first-order chi connectivity index (χ1) is 11.9. The Hall–Kier alpha value is -1.83. The zero-order chi connectivity index (χ0) is 17.9. The number of carboxylic acids is 1. The smallest absolute Gasteiger partial charge is 0.341 e. The first-order valence-corrected chi connectivity index (χ1v) is 8.57. The van der Waals surface area contributed by atoms with Crippen molar-refractivity contribution in [2.75, 3.05) is 18.0 Å². The third-order valence-corrected chi connectivity index (χ3v) is 5.25. The minimum absolute atomic E-state index is 0. The van der Waals surface area contributed by atoms with Crippen LogP contribution in [0.1, 0.15) is 35.7 Å². The summed E-state index contributed by atoms with van der Waals surface area (Å²) in [6.07, 6.45) is 3.80. The van der Waals surface area contributed by atoms with E-state index >= 15 is 0 Å². The minimum Gasteiger partial charge on any atom is -0.477 e. The van der Waals surface area contributed by atoms with Gasteiger partial charge in [-0.3, -0.25) is 4.79 Å². The van der Waals surface area contributed by atoms with Crippen LogP contribution in [0.5, 0.6) is 0 Å². The number of halogens is 3. The van der Waals surface area contributed by atoms with Crippen molar-refractivity contribution in [1.82, 2.24) is 4.57 Å². The fourth-order valence-electron chi connectivity index (χ4n) is 3.50. The molecule has 6 nitrogen and oxygen atoms in total. The molecule has 9 heteroatoms. The van der Waals surface area contributed by atoms with Crippen LogP contribution < -0.4 is 16.1 Å². The number of hydrogen-bond donors (Lipinski definition) is 2. The number of aromatic nitrogens is 1. The van der Waals surface area contributed by atoms with Gasteiger partial charge in [0.15, 0.2) is 0 Å². The summed E-state index contributed by atoms with van der Waals surface area (Å²) >= 11 is 6.53. The lowest BCUT2D eigenvalue weighted by atomic mass is 10.1. The third kappa shape index (κ3) is 2.94. The fourth-order valence-corrected chi connectivity index (χ4v) is 3.91. The van der Waals surface area contributed by atoms with Crippen molar-refractivity contribution in [1.29, 1.82) is 0 Å². The molecule has 2 heterocycles. The monoisotopic (exact) mass is 401 g/mol. The zero-order valence-corrected chi connectivity index (χ0v) is 15.3. The standard InChI is InChI=1S/C17H17ClFN3O3.ClH/c18-13-14-10(5-12(19)15(13)21-4-3-8(20)6-21)16(23)11(17(24)25)7-22(14)9-1-2-9;/h5,7-9H,1-4,6,20H2,(H,24,25);1H/t8-;/m1./s1. The number of carboxylic acid groups (broad SMARTS) is 1. The second-order valence-corrected chi connectivity index (χ2v) is 7.11. The van der Waals surface area contributed by atoms with E-state index < -0.39 is 17.2 Å². The molecule has 140 valence electrons. The summed E-state index contributed by atoms with van der Waals surface area (Å²) < 4.78 is 16.5. The molecule has 0 unspecified atom stereocenters. The number of rotatable bonds is 3. The number of aromatic carboxylic acids is 1. The highest BCUT2D eigenvalue weighted by molar-refractivity contribution is 6.38. The molecule has 2 aromatic rings. The molecule has 26 heavy (non-hydrogen) atoms. The first kappa shape index (κ1) is 18.9. The van der Waals surface area contributed by atoms with Crippen molar-refractivity contribution in [3.63, 3.8) is 0 Å². The Morgan fingerprint density at radius 3 is 2.58 bits per heavy atom. The molecule has 4 rings (SSSR count). The van der Waals surface area contributed by atoms with Gasteiger partial charge in [0.2, 0.25) is 5.43 Å². The first-order valence-electron chi connectivity index (χ1n) is 8.19. The Morgan fingerprint density at radius 2 is 2.04 bits per heavy atom. The summed E-state index contributed by atoms with van der Waals surface area (Å²) in [7, 11) is 0. The number of nitrogens with zero attached hydrogens (tertiary/aromatic N) is 2. The van der Waals surface area contributed by atoms with Gasteiger partial charge in [0.1, 0.15) is 11.4 Å². The molecule has 1 aliphatic heterocycles. The number of hydrogen-bond acceptors (Lipinski definition) is 4. The van der Waals surface area contributed by atoms with E-state index in [1.165, 1.54) is 6.20 Å². The van der Waals surface area contributed by atoms with Crippen LogP contribution in [0.4, 0.5) is 10.1 Å². The molecule has 3 N–H and O–H groups in total. The number of fused-ring (bicyclic) bond motifs is 1. The van der Waals surface area contributed by atoms with Crippen LogP contribution in [0, 0.1) is 5.82 Å². The van der Waals surface area contributed by atoms with Crippen LogP contribution in [0.15, 0.2) is 17.1 Å². The van der Waals surface area contributed by atoms with Crippen molar-refractivity contribution >= 4 is 46.6 Å². The average Bonchev–Trinajstić information content (AvgIpc) is 3.30. The number of anilines is 1. The van der Waals surface area contributed by atoms with Crippen LogP contribution in [0.25, 0.3) is 10.9 Å². The lowest BCUT2D eigenvalue weighted by Gasteiger charge is -2.23. The average molecular weight is 402 g/mol. The van der Waals surface area contributed by atoms with Gasteiger partial charge in [-0.2, -0.15) is 0 Å². The fraction of sp³-hybridized carbons (Fsp3) is 0.412. The predicted octanol–water partition coefficient (Wildman–Crippen LogP) is 2.79. The summed E-state index contributed by atoms with van der Waals surface area (Å²) in [6.45, 7) is 1.08. The maximum Gasteiger partial charge on any atom is 0.341 e. The van der Waals surface area contributed by atoms with Crippen molar-refractivity contribution in [2.45, 2.75) is 31.3 Å². The van der Waals surface area contributed by atoms with E-state index in [4.69, 9.17) is 17.3 Å². The lowest BCUT2D eigenvalue weighted by Crippen LogP contribution is -2.27. The van der Waals surface area contributed by atoms with Crippen LogP contribution in [0.3, 0.4) is 0 Å². The van der Waals surface area contributed by atoms with Crippen LogP contribution >= 0.6 is 24.0 Å². The van der Waals surface area contributed by atoms with Gasteiger partial charge in [0.25, 0.3) is 0 Å². The molecule has 2 fully saturated rings. The highest BCUT2D eigenvalue weighted by Crippen LogP contribution is 2.42. The van der Waals surface area contributed by atoms with E-state index in [9.17, 15) is 19.1 Å². The third-order valence-electron chi connectivity index (χ3n) is 4.90. The number of benzene rings is 1. The van der Waals surface area contributed by atoms with E-state index in [0.717, 1.165) is 25.3 Å². The molecule has 1 aliphatic carbocycles. The van der Waals surface area contributed by atoms with Crippen LogP contribution in [0.2, 0.25) is 5.02 Å². The maximum absolute atomic E-state index is 14.8. The number of carbonyl (C=O) groups is 1. The van der Waals surface area contributed by atoms with Crippen LogP contribution in [-0.4, -0.2) is 34.8 Å². The Bertz CT molecular complexity index is 959. The molecule has 1 saturated carbocycles. The van der Waals surface area contributed by atoms with Gasteiger partial charge in [-0.1, -0.05) is 11.6 Å². The largest absolute Gasteiger partial charge is 0.477 e. The molecule has 1 atom stereocenters. The Morgan fingerprint density at radius 1 is 1.35 bits per heavy atom. The van der Waals surface area contributed by atoms with E-state index in [1.54, 1.807) is 9.47 Å². The second kappa shape index (κ2) is 6.72. The predicted molar refractivity (Wildman–Crippen MR) is 100 cm³/mol. The second-order valence-electron chi connectivity index (χ2n) is 6.73. The van der Waals surface area contributed by atoms with Crippen molar-refractivity contribution in [2.24, 2.45) is 5.73 Å². The molecule has 0 spiro atoms. The Kier molecular flexibility index (Phi) is 4.90. The Balaban J connectivity index is 0.00000196. The molecular formula is C17H18Cl2FN3O3. The van der Waals surface area contributed by atoms with Gasteiger partial charge in [-0.05, 0) is 25.3 Å². The summed E-state index contributed by atoms with van der Waals surface area (Å²) in [4.78, 5) is 25.7. The molecule has 0 amide bonds. The van der Waals surface area contributed by atoms with Crippen LogP contribution in [-0.2, 0) is 0 Å². The molecule has 1 aromatic carbocycles. The maximum atomic E-state index is 14.8. The van der Waals surface area contributed by atoms with E-state index in [1.807, 2.05) is 0 Å². The molecule has 1 saturated heterocycles. The Labute approximate surface area is 159 Å². The van der Waals surface area contributed by atoms with E-state index in [2.05, 4.69) is 0 Å². The van der Waals surface area contributed by atoms with Gasteiger partial charge in [0.05, 0.1) is 21.6 Å². The normalized spacial score (nSPS) is 19.7. The minimum atomic E-state index is -1.33. The lowest BCUT2D eigenvalue weighted by molar-refractivity contribution is 0.0695. The summed E-state index contributed by atoms with van der Waals surface area (Å²) in [6, 6.07) is 1.14. The summed E-state index contributed by atoms with van der Waals surface area (Å²) in [5, 5.41) is 9.43. The van der Waals surface area contributed by atoms with E-state index in [0.29, 0.717) is 18.6 Å². The van der Waals surface area contributed by atoms with Gasteiger partial charge in [-0.25, -0.2) is 9.18 Å². The quantitative estimate of drug-likeness (QED) is 0.825. The van der Waals surface area contributed by atoms with Crippen molar-refractivity contribution in [3.05, 3.63) is 38.9 Å². The molecule has 2 aliphatic rings. The topological polar surface area (TPSA) is 88.6 Å². The van der Waals surface area contributed by atoms with Gasteiger partial charge >= 0.3 is 5.97 Å². The SMILES string of the molecule is Cl.N[C@@H]1CCN(c2c(F)cc3c(=O)c(C(=O)O)cn(C4CC4)c3c2Cl)C1. The van der Waals surface area contributed by atoms with Crippen molar-refractivity contribution < 1.29 is 14.3 Å². The molecule has 0 bridgehead atoms. The molecule has 0 radical (unpaired) electrons. The summed E-state index contributed by atoms with van der Waals surface area (Å²) in [5.41, 5.74) is 5.46. The molecular weight excluding hydrogens is 384 g/mol. The number of nitrogens with two attached hydrogens (primary N) is 1. The number of pyridine rings is 1. The van der Waals surface area contributed by atoms with Gasteiger partial charge in [-0.15, -0.1) is 12.4 Å². The van der Waals surface area contributed by atoms with Gasteiger partial charge in [0, 0.05) is 31.4 Å².